The van der Waals surface area contributed by atoms with E-state index in [1.54, 1.807) is 6.07 Å². The second-order valence-corrected chi connectivity index (χ2v) is 10.3. The molecule has 1 aliphatic heterocycles. The van der Waals surface area contributed by atoms with Crippen LogP contribution in [0.1, 0.15) is 67.2 Å². The molecule has 0 radical (unpaired) electrons. The lowest BCUT2D eigenvalue weighted by molar-refractivity contribution is 0.203. The first-order valence-electron chi connectivity index (χ1n) is 12.2. The van der Waals surface area contributed by atoms with Gasteiger partial charge >= 0.3 is 0 Å². The van der Waals surface area contributed by atoms with E-state index >= 15 is 4.39 Å². The molecule has 1 saturated heterocycles. The number of hydrogen-bond acceptors (Lipinski definition) is 6. The highest BCUT2D eigenvalue weighted by molar-refractivity contribution is 6.32. The monoisotopic (exact) mass is 481 g/mol. The van der Waals surface area contributed by atoms with Crippen LogP contribution >= 0.6 is 11.6 Å². The third-order valence-electron chi connectivity index (χ3n) is 7.24. The van der Waals surface area contributed by atoms with Gasteiger partial charge in [0.15, 0.2) is 11.6 Å². The van der Waals surface area contributed by atoms with Crippen molar-refractivity contribution in [2.75, 3.05) is 23.7 Å². The molecule has 0 spiro atoms. The fraction of sp³-hybridized carbons (Fsp3) is 0.480. The highest BCUT2D eigenvalue weighted by atomic mass is 35.5. The van der Waals surface area contributed by atoms with Crippen LogP contribution in [0.2, 0.25) is 5.02 Å². The molecule has 178 valence electrons. The highest BCUT2D eigenvalue weighted by Gasteiger charge is 2.32. The van der Waals surface area contributed by atoms with Crippen molar-refractivity contribution in [1.29, 1.82) is 0 Å². The van der Waals surface area contributed by atoms with Crippen LogP contribution < -0.4 is 10.6 Å². The SMILES string of the molecule is Cc1cc(Nc2ncc(Cl)c(Nc3cc(C4CC4)[nH]n3)n2)c(F)cc1C1CCN(C2CC2)CC1. The molecule has 1 aromatic carbocycles. The van der Waals surface area contributed by atoms with Gasteiger partial charge in [-0.1, -0.05) is 11.6 Å². The average molecular weight is 482 g/mol. The summed E-state index contributed by atoms with van der Waals surface area (Å²) < 4.78 is 15.1. The van der Waals surface area contributed by atoms with Gasteiger partial charge in [-0.2, -0.15) is 10.1 Å². The molecule has 0 unspecified atom stereocenters. The van der Waals surface area contributed by atoms with E-state index in [1.165, 1.54) is 31.9 Å². The third kappa shape index (κ3) is 4.61. The topological polar surface area (TPSA) is 81.8 Å². The molecule has 3 aromatic rings. The lowest BCUT2D eigenvalue weighted by Gasteiger charge is -2.33. The summed E-state index contributed by atoms with van der Waals surface area (Å²) in [5.41, 5.74) is 3.68. The molecule has 3 N–H and O–H groups in total. The summed E-state index contributed by atoms with van der Waals surface area (Å²) in [4.78, 5) is 11.3. The van der Waals surface area contributed by atoms with E-state index in [2.05, 4.69) is 42.6 Å². The Morgan fingerprint density at radius 1 is 1.03 bits per heavy atom. The zero-order valence-corrected chi connectivity index (χ0v) is 20.0. The highest BCUT2D eigenvalue weighted by Crippen LogP contribution is 2.40. The zero-order chi connectivity index (χ0) is 23.2. The average Bonchev–Trinajstić information content (AvgIpc) is 3.77. The molecule has 2 aliphatic carbocycles. The van der Waals surface area contributed by atoms with Crippen molar-refractivity contribution in [2.24, 2.45) is 0 Å². The summed E-state index contributed by atoms with van der Waals surface area (Å²) in [6.07, 6.45) is 8.74. The normalized spacial score (nSPS) is 19.4. The van der Waals surface area contributed by atoms with Gasteiger partial charge in [0, 0.05) is 23.7 Å². The third-order valence-corrected chi connectivity index (χ3v) is 7.52. The second kappa shape index (κ2) is 8.82. The summed E-state index contributed by atoms with van der Waals surface area (Å²) >= 11 is 6.30. The van der Waals surface area contributed by atoms with Crippen molar-refractivity contribution in [1.82, 2.24) is 25.1 Å². The van der Waals surface area contributed by atoms with Crippen LogP contribution in [-0.4, -0.2) is 44.2 Å². The lowest BCUT2D eigenvalue weighted by Crippen LogP contribution is -2.34. The van der Waals surface area contributed by atoms with E-state index < -0.39 is 0 Å². The van der Waals surface area contributed by atoms with Crippen LogP contribution in [0.15, 0.2) is 24.4 Å². The van der Waals surface area contributed by atoms with Crippen molar-refractivity contribution in [2.45, 2.75) is 63.3 Å². The number of H-pyrrole nitrogens is 1. The molecule has 6 rings (SSSR count). The Morgan fingerprint density at radius 3 is 2.56 bits per heavy atom. The molecular weight excluding hydrogens is 453 g/mol. The van der Waals surface area contributed by atoms with E-state index in [-0.39, 0.29) is 11.8 Å². The summed E-state index contributed by atoms with van der Waals surface area (Å²) in [7, 11) is 0. The zero-order valence-electron chi connectivity index (χ0n) is 19.2. The van der Waals surface area contributed by atoms with Gasteiger partial charge in [-0.05, 0) is 87.7 Å². The van der Waals surface area contributed by atoms with Gasteiger partial charge in [0.1, 0.15) is 10.8 Å². The van der Waals surface area contributed by atoms with Gasteiger partial charge in [-0.3, -0.25) is 5.10 Å². The molecule has 0 atom stereocenters. The first-order valence-corrected chi connectivity index (χ1v) is 12.6. The minimum atomic E-state index is -0.292. The number of anilines is 4. The molecule has 9 heteroatoms. The van der Waals surface area contributed by atoms with E-state index in [4.69, 9.17) is 11.6 Å². The number of aryl methyl sites for hydroxylation is 1. The van der Waals surface area contributed by atoms with E-state index in [1.807, 2.05) is 12.1 Å². The Morgan fingerprint density at radius 2 is 1.82 bits per heavy atom. The van der Waals surface area contributed by atoms with Crippen LogP contribution in [0.3, 0.4) is 0 Å². The van der Waals surface area contributed by atoms with Crippen molar-refractivity contribution in [3.05, 3.63) is 52.1 Å². The summed E-state index contributed by atoms with van der Waals surface area (Å²) in [5.74, 6) is 2.03. The molecule has 3 heterocycles. The molecule has 7 nitrogen and oxygen atoms in total. The largest absolute Gasteiger partial charge is 0.322 e. The fourth-order valence-corrected chi connectivity index (χ4v) is 5.15. The summed E-state index contributed by atoms with van der Waals surface area (Å²) in [6, 6.07) is 6.32. The predicted molar refractivity (Wildman–Crippen MR) is 132 cm³/mol. The van der Waals surface area contributed by atoms with Crippen LogP contribution in [0.25, 0.3) is 0 Å². The molecule has 2 aromatic heterocycles. The van der Waals surface area contributed by atoms with Crippen molar-refractivity contribution >= 4 is 34.9 Å². The maximum absolute atomic E-state index is 15.1. The number of hydrogen-bond donors (Lipinski definition) is 3. The predicted octanol–water partition coefficient (Wildman–Crippen LogP) is 6.01. The number of nitrogens with zero attached hydrogens (tertiary/aromatic N) is 4. The number of nitrogens with one attached hydrogen (secondary N) is 3. The second-order valence-electron chi connectivity index (χ2n) is 9.85. The van der Waals surface area contributed by atoms with Gasteiger partial charge in [0.2, 0.25) is 5.95 Å². The Hall–Kier alpha value is -2.71. The Kier molecular flexibility index (Phi) is 5.65. The smallest absolute Gasteiger partial charge is 0.229 e. The number of aromatic amines is 1. The van der Waals surface area contributed by atoms with Crippen LogP contribution in [-0.2, 0) is 0 Å². The van der Waals surface area contributed by atoms with E-state index in [0.717, 1.165) is 48.8 Å². The molecular formula is C25H29ClFN7. The first-order chi connectivity index (χ1) is 16.5. The molecule has 34 heavy (non-hydrogen) atoms. The first kappa shape index (κ1) is 21.8. The molecule has 3 fully saturated rings. The minimum absolute atomic E-state index is 0.272. The molecule has 3 aliphatic rings. The Bertz CT molecular complexity index is 1200. The summed E-state index contributed by atoms with van der Waals surface area (Å²) in [5, 5.41) is 13.9. The van der Waals surface area contributed by atoms with Gasteiger partial charge in [-0.25, -0.2) is 9.37 Å². The summed E-state index contributed by atoms with van der Waals surface area (Å²) in [6.45, 7) is 4.28. The Labute approximate surface area is 203 Å². The maximum Gasteiger partial charge on any atom is 0.229 e. The van der Waals surface area contributed by atoms with Crippen LogP contribution in [0.5, 0.6) is 0 Å². The minimum Gasteiger partial charge on any atom is -0.322 e. The van der Waals surface area contributed by atoms with Crippen molar-refractivity contribution in [3.8, 4) is 0 Å². The standard InChI is InChI=1S/C25H29ClFN7/c1-14-10-22(20(27)11-18(14)15-6-8-34(9-7-15)17-4-5-17)29-25-28-13-19(26)24(31-25)30-23-12-21(32-33-23)16-2-3-16/h10-13,15-17H,2-9H2,1H3,(H3,28,29,30,31,32,33). The number of piperidine rings is 1. The fourth-order valence-electron chi connectivity index (χ4n) is 5.01. The number of aromatic nitrogens is 4. The number of rotatable bonds is 7. The lowest BCUT2D eigenvalue weighted by atomic mass is 9.86. The maximum atomic E-state index is 15.1. The van der Waals surface area contributed by atoms with Gasteiger partial charge < -0.3 is 15.5 Å². The van der Waals surface area contributed by atoms with E-state index in [0.29, 0.717) is 34.2 Å². The molecule has 2 saturated carbocycles. The Balaban J connectivity index is 1.16. The molecule has 0 amide bonds. The number of benzene rings is 1. The van der Waals surface area contributed by atoms with Crippen LogP contribution in [0, 0.1) is 12.7 Å². The van der Waals surface area contributed by atoms with Gasteiger partial charge in [-0.15, -0.1) is 0 Å². The van der Waals surface area contributed by atoms with Crippen LogP contribution in [0.4, 0.5) is 27.7 Å². The molecule has 0 bridgehead atoms. The number of halogens is 2. The number of likely N-dealkylation sites (tertiary alicyclic amines) is 1. The van der Waals surface area contributed by atoms with Crippen molar-refractivity contribution < 1.29 is 4.39 Å². The van der Waals surface area contributed by atoms with Crippen molar-refractivity contribution in [3.63, 3.8) is 0 Å². The van der Waals surface area contributed by atoms with Gasteiger partial charge in [0.25, 0.3) is 0 Å². The quantitative estimate of drug-likeness (QED) is 0.383. The van der Waals surface area contributed by atoms with Gasteiger partial charge in [0.05, 0.1) is 11.9 Å². The van der Waals surface area contributed by atoms with E-state index in [9.17, 15) is 0 Å².